The van der Waals surface area contributed by atoms with Crippen LogP contribution in [0.25, 0.3) is 0 Å². The third-order valence-electron chi connectivity index (χ3n) is 2.61. The number of sulfone groups is 1. The summed E-state index contributed by atoms with van der Waals surface area (Å²) in [5.74, 6) is 1.42. The number of hydrogen-bond acceptors (Lipinski definition) is 4. The minimum Gasteiger partial charge on any atom is -0.312 e. The topological polar surface area (TPSA) is 46.2 Å². The van der Waals surface area contributed by atoms with E-state index in [1.54, 1.807) is 11.8 Å². The van der Waals surface area contributed by atoms with Crippen LogP contribution in [0.5, 0.6) is 0 Å². The van der Waals surface area contributed by atoms with Gasteiger partial charge in [-0.05, 0) is 30.2 Å². The van der Waals surface area contributed by atoms with Crippen LogP contribution in [0.4, 0.5) is 0 Å². The standard InChI is InChI=1S/C14H22BrNO2S2/c1-11(2)9-16-10-12-4-5-13(15)8-14(12)19-6-7-20(3,17)18/h4-5,8,11,16H,6-7,9-10H2,1-3H3. The molecular formula is C14H22BrNO2S2. The Morgan fingerprint density at radius 1 is 1.35 bits per heavy atom. The number of rotatable bonds is 8. The molecule has 0 spiro atoms. The summed E-state index contributed by atoms with van der Waals surface area (Å²) in [5.41, 5.74) is 1.22. The van der Waals surface area contributed by atoms with Crippen molar-refractivity contribution in [1.82, 2.24) is 5.32 Å². The summed E-state index contributed by atoms with van der Waals surface area (Å²) in [6.07, 6.45) is 1.28. The molecule has 0 radical (unpaired) electrons. The van der Waals surface area contributed by atoms with Gasteiger partial charge in [0, 0.05) is 27.9 Å². The molecular weight excluding hydrogens is 358 g/mol. The highest BCUT2D eigenvalue weighted by molar-refractivity contribution is 9.10. The lowest BCUT2D eigenvalue weighted by Gasteiger charge is -2.12. The Balaban J connectivity index is 2.64. The summed E-state index contributed by atoms with van der Waals surface area (Å²) < 4.78 is 23.4. The predicted molar refractivity (Wildman–Crippen MR) is 91.1 cm³/mol. The Morgan fingerprint density at radius 3 is 2.65 bits per heavy atom. The second-order valence-electron chi connectivity index (χ2n) is 5.26. The van der Waals surface area contributed by atoms with Gasteiger partial charge < -0.3 is 5.32 Å². The van der Waals surface area contributed by atoms with Crippen LogP contribution in [0.2, 0.25) is 0 Å². The van der Waals surface area contributed by atoms with Crippen molar-refractivity contribution in [2.24, 2.45) is 5.92 Å². The molecule has 1 aromatic carbocycles. The summed E-state index contributed by atoms with van der Waals surface area (Å²) >= 11 is 5.06. The van der Waals surface area contributed by atoms with Gasteiger partial charge in [0.25, 0.3) is 0 Å². The van der Waals surface area contributed by atoms with Gasteiger partial charge in [0.2, 0.25) is 0 Å². The van der Waals surface area contributed by atoms with Gasteiger partial charge in [-0.1, -0.05) is 35.8 Å². The van der Waals surface area contributed by atoms with Gasteiger partial charge in [0.15, 0.2) is 0 Å². The molecule has 114 valence electrons. The number of nitrogens with one attached hydrogen (secondary N) is 1. The minimum atomic E-state index is -2.89. The molecule has 0 unspecified atom stereocenters. The molecule has 0 atom stereocenters. The smallest absolute Gasteiger partial charge is 0.148 e. The zero-order chi connectivity index (χ0) is 15.2. The number of benzene rings is 1. The fourth-order valence-corrected chi connectivity index (χ4v) is 4.42. The van der Waals surface area contributed by atoms with Crippen molar-refractivity contribution >= 4 is 37.5 Å². The minimum absolute atomic E-state index is 0.211. The van der Waals surface area contributed by atoms with Crippen molar-refractivity contribution < 1.29 is 8.42 Å². The highest BCUT2D eigenvalue weighted by Crippen LogP contribution is 2.26. The third kappa shape index (κ3) is 7.67. The van der Waals surface area contributed by atoms with Crippen molar-refractivity contribution in [3.8, 4) is 0 Å². The Morgan fingerprint density at radius 2 is 2.05 bits per heavy atom. The maximum atomic E-state index is 11.2. The Hall–Kier alpha value is -0.0400. The average Bonchev–Trinajstić information content (AvgIpc) is 2.29. The van der Waals surface area contributed by atoms with E-state index in [2.05, 4.69) is 47.2 Å². The molecule has 3 nitrogen and oxygen atoms in total. The average molecular weight is 380 g/mol. The van der Waals surface area contributed by atoms with Gasteiger partial charge in [-0.15, -0.1) is 11.8 Å². The normalized spacial score (nSPS) is 12.1. The molecule has 0 saturated heterocycles. The van der Waals surface area contributed by atoms with Gasteiger partial charge in [0.1, 0.15) is 9.84 Å². The maximum absolute atomic E-state index is 11.2. The molecule has 0 aliphatic rings. The Kier molecular flexibility index (Phi) is 7.58. The predicted octanol–water partition coefficient (Wildman–Crippen LogP) is 3.33. The van der Waals surface area contributed by atoms with Gasteiger partial charge in [-0.25, -0.2) is 8.42 Å². The molecule has 20 heavy (non-hydrogen) atoms. The van der Waals surface area contributed by atoms with Crippen molar-refractivity contribution in [2.75, 3.05) is 24.3 Å². The highest BCUT2D eigenvalue weighted by Gasteiger charge is 2.07. The largest absolute Gasteiger partial charge is 0.312 e. The molecule has 0 fully saturated rings. The second-order valence-corrected chi connectivity index (χ2v) is 9.57. The van der Waals surface area contributed by atoms with E-state index >= 15 is 0 Å². The lowest BCUT2D eigenvalue weighted by molar-refractivity contribution is 0.550. The molecule has 1 N–H and O–H groups in total. The Labute approximate surface area is 135 Å². The summed E-state index contributed by atoms with van der Waals surface area (Å²) in [6, 6.07) is 6.16. The second kappa shape index (κ2) is 8.41. The molecule has 1 rings (SSSR count). The lowest BCUT2D eigenvalue weighted by Crippen LogP contribution is -2.19. The summed E-state index contributed by atoms with van der Waals surface area (Å²) in [5, 5.41) is 3.42. The molecule has 0 amide bonds. The van der Waals surface area contributed by atoms with E-state index in [1.807, 2.05) is 6.07 Å². The first-order chi connectivity index (χ1) is 9.28. The molecule has 0 bridgehead atoms. The van der Waals surface area contributed by atoms with Crippen LogP contribution in [0.1, 0.15) is 19.4 Å². The fourth-order valence-electron chi connectivity index (χ4n) is 1.61. The molecule has 0 aliphatic carbocycles. The van der Waals surface area contributed by atoms with Crippen LogP contribution in [-0.4, -0.2) is 32.7 Å². The quantitative estimate of drug-likeness (QED) is 0.703. The Bertz CT molecular complexity index is 530. The fraction of sp³-hybridized carbons (Fsp3) is 0.571. The van der Waals surface area contributed by atoms with Crippen molar-refractivity contribution in [3.05, 3.63) is 28.2 Å². The maximum Gasteiger partial charge on any atom is 0.148 e. The van der Waals surface area contributed by atoms with Crippen LogP contribution in [-0.2, 0) is 16.4 Å². The number of thioether (sulfide) groups is 1. The highest BCUT2D eigenvalue weighted by atomic mass is 79.9. The first kappa shape index (κ1) is 18.0. The van der Waals surface area contributed by atoms with Crippen LogP contribution in [0.3, 0.4) is 0 Å². The van der Waals surface area contributed by atoms with Crippen LogP contribution >= 0.6 is 27.7 Å². The van der Waals surface area contributed by atoms with Gasteiger partial charge >= 0.3 is 0 Å². The summed E-state index contributed by atoms with van der Waals surface area (Å²) in [4.78, 5) is 1.14. The van der Waals surface area contributed by atoms with E-state index in [0.717, 1.165) is 22.5 Å². The van der Waals surface area contributed by atoms with Gasteiger partial charge in [-0.2, -0.15) is 0 Å². The molecule has 1 aromatic rings. The molecule has 0 aromatic heterocycles. The SMILES string of the molecule is CC(C)CNCc1ccc(Br)cc1SCCS(C)(=O)=O. The zero-order valence-electron chi connectivity index (χ0n) is 12.1. The number of hydrogen-bond donors (Lipinski definition) is 1. The first-order valence-electron chi connectivity index (χ1n) is 6.57. The molecule has 0 heterocycles. The number of halogens is 1. The van der Waals surface area contributed by atoms with E-state index in [9.17, 15) is 8.42 Å². The van der Waals surface area contributed by atoms with E-state index in [1.165, 1.54) is 11.8 Å². The molecule has 6 heteroatoms. The van der Waals surface area contributed by atoms with Crippen molar-refractivity contribution in [2.45, 2.75) is 25.3 Å². The van der Waals surface area contributed by atoms with E-state index < -0.39 is 9.84 Å². The van der Waals surface area contributed by atoms with Gasteiger partial charge in [-0.3, -0.25) is 0 Å². The summed E-state index contributed by atoms with van der Waals surface area (Å²) in [6.45, 7) is 6.14. The van der Waals surface area contributed by atoms with Crippen LogP contribution < -0.4 is 5.32 Å². The third-order valence-corrected chi connectivity index (χ3v) is 5.41. The van der Waals surface area contributed by atoms with Crippen molar-refractivity contribution in [3.63, 3.8) is 0 Å². The molecule has 0 saturated carbocycles. The molecule has 0 aliphatic heterocycles. The lowest BCUT2D eigenvalue weighted by atomic mass is 10.2. The zero-order valence-corrected chi connectivity index (χ0v) is 15.4. The van der Waals surface area contributed by atoms with Crippen LogP contribution in [0, 0.1) is 5.92 Å². The van der Waals surface area contributed by atoms with E-state index in [-0.39, 0.29) is 5.75 Å². The van der Waals surface area contributed by atoms with Crippen LogP contribution in [0.15, 0.2) is 27.6 Å². The summed E-state index contributed by atoms with van der Waals surface area (Å²) in [7, 11) is -2.89. The van der Waals surface area contributed by atoms with Crippen molar-refractivity contribution in [1.29, 1.82) is 0 Å². The monoisotopic (exact) mass is 379 g/mol. The van der Waals surface area contributed by atoms with E-state index in [4.69, 9.17) is 0 Å². The first-order valence-corrected chi connectivity index (χ1v) is 10.4. The van der Waals surface area contributed by atoms with E-state index in [0.29, 0.717) is 11.7 Å². The van der Waals surface area contributed by atoms with Gasteiger partial charge in [0.05, 0.1) is 5.75 Å².